The molecule has 1 aromatic heterocycles. The van der Waals surface area contributed by atoms with Gasteiger partial charge >= 0.3 is 6.18 Å². The maximum absolute atomic E-state index is 13.1. The van der Waals surface area contributed by atoms with Crippen molar-refractivity contribution in [2.24, 2.45) is 0 Å². The van der Waals surface area contributed by atoms with E-state index in [4.69, 9.17) is 27.7 Å². The number of carbonyl (C=O) groups is 1. The summed E-state index contributed by atoms with van der Waals surface area (Å²) in [6.07, 6.45) is -4.72. The first-order valence-electron chi connectivity index (χ1n) is 6.50. The van der Waals surface area contributed by atoms with Crippen LogP contribution in [0.1, 0.15) is 15.9 Å². The van der Waals surface area contributed by atoms with Gasteiger partial charge in [-0.15, -0.1) is 0 Å². The van der Waals surface area contributed by atoms with Gasteiger partial charge in [0.15, 0.2) is 11.4 Å². The summed E-state index contributed by atoms with van der Waals surface area (Å²) in [6, 6.07) is 8.72. The molecule has 0 aliphatic rings. The third kappa shape index (κ3) is 2.92. The smallest absolute Gasteiger partial charge is 0.353 e. The van der Waals surface area contributed by atoms with Gasteiger partial charge in [0.2, 0.25) is 0 Å². The molecule has 0 fully saturated rings. The third-order valence-corrected chi connectivity index (χ3v) is 4.00. The molecular weight excluding hydrogens is 368 g/mol. The molecule has 3 rings (SSSR count). The van der Waals surface area contributed by atoms with E-state index in [9.17, 15) is 18.0 Å². The first kappa shape index (κ1) is 16.6. The molecule has 3 aromatic rings. The molecule has 0 spiro atoms. The lowest BCUT2D eigenvalue weighted by atomic mass is 10.1. The zero-order chi connectivity index (χ0) is 17.5. The number of hydrogen-bond donors (Lipinski definition) is 1. The molecule has 1 heterocycles. The van der Waals surface area contributed by atoms with Gasteiger partial charge in [0.25, 0.3) is 5.91 Å². The molecule has 9 heteroatoms. The van der Waals surface area contributed by atoms with Gasteiger partial charge in [-0.3, -0.25) is 4.79 Å². The van der Waals surface area contributed by atoms with Gasteiger partial charge < -0.3 is 9.84 Å². The highest BCUT2D eigenvalue weighted by atomic mass is 35.5. The number of benzene rings is 2. The van der Waals surface area contributed by atoms with Gasteiger partial charge in [-0.1, -0.05) is 46.6 Å². The minimum atomic E-state index is -4.72. The van der Waals surface area contributed by atoms with E-state index in [0.29, 0.717) is 11.6 Å². The number of rotatable bonds is 2. The average Bonchev–Trinajstić information content (AvgIpc) is 2.94. The summed E-state index contributed by atoms with van der Waals surface area (Å²) in [5.74, 6) is -0.813. The molecule has 0 saturated heterocycles. The van der Waals surface area contributed by atoms with Crippen LogP contribution in [0.2, 0.25) is 10.0 Å². The number of anilines is 1. The van der Waals surface area contributed by atoms with Gasteiger partial charge in [-0.25, -0.2) is 0 Å². The summed E-state index contributed by atoms with van der Waals surface area (Å²) in [5.41, 5.74) is -1.43. The number of carbonyl (C=O) groups excluding carboxylic acids is 1. The molecule has 4 nitrogen and oxygen atoms in total. The Morgan fingerprint density at radius 2 is 1.83 bits per heavy atom. The summed E-state index contributed by atoms with van der Waals surface area (Å²) in [6.45, 7) is 0. The van der Waals surface area contributed by atoms with E-state index >= 15 is 0 Å². The normalized spacial score (nSPS) is 11.7. The van der Waals surface area contributed by atoms with E-state index in [1.165, 1.54) is 12.1 Å². The number of amides is 1. The zero-order valence-corrected chi connectivity index (χ0v) is 13.1. The molecule has 0 atom stereocenters. The van der Waals surface area contributed by atoms with Crippen LogP contribution in [-0.2, 0) is 6.18 Å². The summed E-state index contributed by atoms with van der Waals surface area (Å²) >= 11 is 11.7. The maximum Gasteiger partial charge on any atom is 0.420 e. The summed E-state index contributed by atoms with van der Waals surface area (Å²) in [7, 11) is 0. The fourth-order valence-corrected chi connectivity index (χ4v) is 2.55. The number of alkyl halides is 3. The van der Waals surface area contributed by atoms with Gasteiger partial charge in [0.1, 0.15) is 5.56 Å². The summed E-state index contributed by atoms with van der Waals surface area (Å²) in [5, 5.41) is 5.14. The standard InChI is InChI=1S/C15H7Cl2F3N2O2/c16-9-6-8(15(18,19)20)12-10(11(9)17)13(22-24-12)21-14(23)7-4-2-1-3-5-7/h1-6H,(H,21,22,23). The Morgan fingerprint density at radius 1 is 1.17 bits per heavy atom. The van der Waals surface area contributed by atoms with Gasteiger partial charge in [-0.05, 0) is 18.2 Å². The molecule has 0 aliphatic carbocycles. The Hall–Kier alpha value is -2.25. The minimum Gasteiger partial charge on any atom is -0.353 e. The van der Waals surface area contributed by atoms with Crippen molar-refractivity contribution in [2.45, 2.75) is 6.18 Å². The number of hydrogen-bond acceptors (Lipinski definition) is 3. The summed E-state index contributed by atoms with van der Waals surface area (Å²) < 4.78 is 44.0. The molecule has 0 saturated carbocycles. The van der Waals surface area contributed by atoms with Crippen molar-refractivity contribution in [1.29, 1.82) is 0 Å². The number of nitrogens with zero attached hydrogens (tertiary/aromatic N) is 1. The fourth-order valence-electron chi connectivity index (χ4n) is 2.12. The Balaban J connectivity index is 2.10. The Kier molecular flexibility index (Phi) is 4.15. The molecule has 0 aliphatic heterocycles. The molecule has 1 N–H and O–H groups in total. The van der Waals surface area contributed by atoms with Crippen LogP contribution in [-0.4, -0.2) is 11.1 Å². The molecule has 2 aromatic carbocycles. The highest BCUT2D eigenvalue weighted by Crippen LogP contribution is 2.43. The lowest BCUT2D eigenvalue weighted by Crippen LogP contribution is -2.12. The first-order chi connectivity index (χ1) is 11.3. The van der Waals surface area contributed by atoms with Crippen LogP contribution < -0.4 is 5.32 Å². The largest absolute Gasteiger partial charge is 0.420 e. The molecule has 24 heavy (non-hydrogen) atoms. The van der Waals surface area contributed by atoms with Crippen molar-refractivity contribution in [3.63, 3.8) is 0 Å². The van der Waals surface area contributed by atoms with Gasteiger partial charge in [0, 0.05) is 5.56 Å². The van der Waals surface area contributed by atoms with Crippen molar-refractivity contribution in [2.75, 3.05) is 5.32 Å². The summed E-state index contributed by atoms with van der Waals surface area (Å²) in [4.78, 5) is 12.1. The zero-order valence-electron chi connectivity index (χ0n) is 11.6. The van der Waals surface area contributed by atoms with E-state index < -0.39 is 23.2 Å². The van der Waals surface area contributed by atoms with Gasteiger partial charge in [0.05, 0.1) is 15.4 Å². The fraction of sp³-hybridized carbons (Fsp3) is 0.0667. The van der Waals surface area contributed by atoms with Crippen LogP contribution in [0, 0.1) is 0 Å². The first-order valence-corrected chi connectivity index (χ1v) is 7.25. The van der Waals surface area contributed by atoms with Crippen LogP contribution in [0.5, 0.6) is 0 Å². The molecule has 0 bridgehead atoms. The second kappa shape index (κ2) is 5.99. The van der Waals surface area contributed by atoms with Crippen molar-refractivity contribution in [3.8, 4) is 0 Å². The highest BCUT2D eigenvalue weighted by Gasteiger charge is 2.37. The van der Waals surface area contributed by atoms with E-state index in [1.54, 1.807) is 18.2 Å². The predicted molar refractivity (Wildman–Crippen MR) is 83.4 cm³/mol. The molecule has 0 unspecified atom stereocenters. The van der Waals surface area contributed by atoms with E-state index in [-0.39, 0.29) is 21.2 Å². The predicted octanol–water partition coefficient (Wildman–Crippen LogP) is 5.41. The lowest BCUT2D eigenvalue weighted by Gasteiger charge is -2.09. The van der Waals surface area contributed by atoms with Crippen LogP contribution in [0.3, 0.4) is 0 Å². The molecule has 0 radical (unpaired) electrons. The number of fused-ring (bicyclic) bond motifs is 1. The Morgan fingerprint density at radius 3 is 2.46 bits per heavy atom. The Labute approximate surface area is 143 Å². The van der Waals surface area contributed by atoms with E-state index in [0.717, 1.165) is 0 Å². The van der Waals surface area contributed by atoms with Crippen LogP contribution >= 0.6 is 23.2 Å². The molecular formula is C15H7Cl2F3N2O2. The van der Waals surface area contributed by atoms with Crippen LogP contribution in [0.4, 0.5) is 19.0 Å². The Bertz CT molecular complexity index is 924. The molecule has 124 valence electrons. The van der Waals surface area contributed by atoms with Crippen LogP contribution in [0.25, 0.3) is 11.0 Å². The lowest BCUT2D eigenvalue weighted by molar-refractivity contribution is -0.137. The van der Waals surface area contributed by atoms with Crippen molar-refractivity contribution in [1.82, 2.24) is 5.16 Å². The average molecular weight is 375 g/mol. The number of nitrogens with one attached hydrogen (secondary N) is 1. The second-order valence-electron chi connectivity index (χ2n) is 4.77. The van der Waals surface area contributed by atoms with Crippen molar-refractivity contribution < 1.29 is 22.5 Å². The monoisotopic (exact) mass is 374 g/mol. The molecule has 1 amide bonds. The number of halogens is 5. The van der Waals surface area contributed by atoms with Crippen molar-refractivity contribution in [3.05, 3.63) is 57.6 Å². The highest BCUT2D eigenvalue weighted by molar-refractivity contribution is 6.46. The topological polar surface area (TPSA) is 55.1 Å². The number of aromatic nitrogens is 1. The van der Waals surface area contributed by atoms with E-state index in [1.807, 2.05) is 0 Å². The SMILES string of the molecule is O=C(Nc1noc2c(C(F)(F)F)cc(Cl)c(Cl)c12)c1ccccc1. The van der Waals surface area contributed by atoms with Crippen molar-refractivity contribution >= 4 is 45.9 Å². The quantitative estimate of drug-likeness (QED) is 0.652. The van der Waals surface area contributed by atoms with E-state index in [2.05, 4.69) is 10.5 Å². The third-order valence-electron chi connectivity index (χ3n) is 3.21. The van der Waals surface area contributed by atoms with Gasteiger partial charge in [-0.2, -0.15) is 13.2 Å². The van der Waals surface area contributed by atoms with Crippen LogP contribution in [0.15, 0.2) is 40.9 Å². The minimum absolute atomic E-state index is 0.190. The maximum atomic E-state index is 13.1. The second-order valence-corrected chi connectivity index (χ2v) is 5.56.